The van der Waals surface area contributed by atoms with Gasteiger partial charge in [0.05, 0.1) is 13.2 Å². The number of nitrogens with one attached hydrogen (secondary N) is 2. The first kappa shape index (κ1) is 24.8. The smallest absolute Gasteiger partial charge is 0.344 e. The lowest BCUT2D eigenvalue weighted by molar-refractivity contribution is 0.0372. The highest BCUT2D eigenvalue weighted by Crippen LogP contribution is 2.31. The lowest BCUT2D eigenvalue weighted by atomic mass is 10.1. The van der Waals surface area contributed by atoms with Crippen molar-refractivity contribution in [3.05, 3.63) is 40.5 Å². The average Bonchev–Trinajstić information content (AvgIpc) is 3.20. The highest BCUT2D eigenvalue weighted by Gasteiger charge is 2.24. The van der Waals surface area contributed by atoms with Gasteiger partial charge in [-0.25, -0.2) is 18.4 Å². The summed E-state index contributed by atoms with van der Waals surface area (Å²) >= 11 is 0.726. The van der Waals surface area contributed by atoms with E-state index in [0.29, 0.717) is 6.54 Å². The Labute approximate surface area is 193 Å². The first-order valence-electron chi connectivity index (χ1n) is 10.5. The van der Waals surface area contributed by atoms with E-state index in [2.05, 4.69) is 19.9 Å². The molecule has 2 amide bonds. The van der Waals surface area contributed by atoms with Crippen molar-refractivity contribution in [3.8, 4) is 5.88 Å². The molecule has 12 heteroatoms. The number of unbranched alkanes of at least 4 members (excludes halogenated alkanes) is 1. The maximum atomic E-state index is 14.0. The predicted octanol–water partition coefficient (Wildman–Crippen LogP) is 3.24. The minimum Gasteiger partial charge on any atom is -0.477 e. The molecule has 1 fully saturated rings. The van der Waals surface area contributed by atoms with E-state index in [4.69, 9.17) is 9.47 Å². The van der Waals surface area contributed by atoms with Crippen LogP contribution in [0.2, 0.25) is 0 Å². The summed E-state index contributed by atoms with van der Waals surface area (Å²) in [5.41, 5.74) is -0.281. The van der Waals surface area contributed by atoms with Gasteiger partial charge >= 0.3 is 12.0 Å². The molecule has 0 saturated carbocycles. The van der Waals surface area contributed by atoms with Crippen LogP contribution in [0.1, 0.15) is 34.3 Å². The number of hydrogen-bond donors (Lipinski definition) is 3. The van der Waals surface area contributed by atoms with Crippen LogP contribution in [-0.4, -0.2) is 65.8 Å². The zero-order valence-corrected chi connectivity index (χ0v) is 19.0. The number of aromatic nitrogens is 1. The fourth-order valence-corrected chi connectivity index (χ4v) is 3.95. The second-order valence-corrected chi connectivity index (χ2v) is 8.27. The molecular formula is C21H26F2N4O5S. The van der Waals surface area contributed by atoms with Gasteiger partial charge in [0.1, 0.15) is 11.6 Å². The molecular weight excluding hydrogens is 458 g/mol. The number of benzene rings is 1. The SMILES string of the molecule is Cc1ccc(COc2nsc(NC(=O)NCCCCN3CCOCC3)c2C(=O)O)c(F)c1F. The molecule has 0 bridgehead atoms. The van der Waals surface area contributed by atoms with Crippen LogP contribution in [0.4, 0.5) is 18.6 Å². The van der Waals surface area contributed by atoms with Crippen molar-refractivity contribution in [3.63, 3.8) is 0 Å². The van der Waals surface area contributed by atoms with Crippen molar-refractivity contribution in [1.82, 2.24) is 14.6 Å². The Bertz CT molecular complexity index is 982. The molecule has 1 aliphatic rings. The van der Waals surface area contributed by atoms with E-state index in [1.165, 1.54) is 19.1 Å². The van der Waals surface area contributed by atoms with Crippen LogP contribution in [0.5, 0.6) is 5.88 Å². The first-order chi connectivity index (χ1) is 15.9. The molecule has 0 spiro atoms. The third kappa shape index (κ3) is 6.83. The second-order valence-electron chi connectivity index (χ2n) is 7.50. The Morgan fingerprint density at radius 3 is 2.73 bits per heavy atom. The molecule has 1 aromatic heterocycles. The van der Waals surface area contributed by atoms with Crippen LogP contribution in [0.15, 0.2) is 12.1 Å². The molecule has 2 heterocycles. The molecule has 1 aromatic carbocycles. The minimum atomic E-state index is -1.37. The average molecular weight is 485 g/mol. The summed E-state index contributed by atoms with van der Waals surface area (Å²) in [4.78, 5) is 26.1. The van der Waals surface area contributed by atoms with E-state index in [1.54, 1.807) is 0 Å². The lowest BCUT2D eigenvalue weighted by Gasteiger charge is -2.26. The van der Waals surface area contributed by atoms with Gasteiger partial charge in [-0.3, -0.25) is 10.2 Å². The van der Waals surface area contributed by atoms with Crippen molar-refractivity contribution in [2.75, 3.05) is 44.7 Å². The maximum Gasteiger partial charge on any atom is 0.344 e. The van der Waals surface area contributed by atoms with Gasteiger partial charge in [-0.2, -0.15) is 4.37 Å². The number of aromatic carboxylic acids is 1. The van der Waals surface area contributed by atoms with Gasteiger partial charge in [0.15, 0.2) is 17.2 Å². The van der Waals surface area contributed by atoms with Crippen LogP contribution in [0.25, 0.3) is 0 Å². The molecule has 1 aliphatic heterocycles. The van der Waals surface area contributed by atoms with E-state index < -0.39 is 30.2 Å². The number of nitrogens with zero attached hydrogens (tertiary/aromatic N) is 2. The van der Waals surface area contributed by atoms with Crippen molar-refractivity contribution < 1.29 is 33.0 Å². The Balaban J connectivity index is 1.49. The van der Waals surface area contributed by atoms with Crippen LogP contribution in [0.3, 0.4) is 0 Å². The lowest BCUT2D eigenvalue weighted by Crippen LogP contribution is -2.37. The van der Waals surface area contributed by atoms with Gasteiger partial charge in [0, 0.05) is 25.2 Å². The molecule has 0 atom stereocenters. The number of amides is 2. The number of carboxylic acids is 1. The monoisotopic (exact) mass is 484 g/mol. The number of aryl methyl sites for hydroxylation is 1. The van der Waals surface area contributed by atoms with Gasteiger partial charge in [0.2, 0.25) is 5.88 Å². The first-order valence-corrected chi connectivity index (χ1v) is 11.3. The highest BCUT2D eigenvalue weighted by atomic mass is 32.1. The number of carboxylic acid groups (broad SMARTS) is 1. The normalized spacial score (nSPS) is 14.2. The van der Waals surface area contributed by atoms with Crippen LogP contribution in [0, 0.1) is 18.6 Å². The van der Waals surface area contributed by atoms with Gasteiger partial charge in [-0.1, -0.05) is 12.1 Å². The minimum absolute atomic E-state index is 0.0149. The van der Waals surface area contributed by atoms with Gasteiger partial charge < -0.3 is 19.9 Å². The fraction of sp³-hybridized carbons (Fsp3) is 0.476. The van der Waals surface area contributed by atoms with E-state index in [0.717, 1.165) is 57.2 Å². The number of anilines is 1. The Hall–Kier alpha value is -2.83. The molecule has 33 heavy (non-hydrogen) atoms. The molecule has 0 aliphatic carbocycles. The highest BCUT2D eigenvalue weighted by molar-refractivity contribution is 7.11. The number of carbonyl (C=O) groups excluding carboxylic acids is 1. The molecule has 9 nitrogen and oxygen atoms in total. The molecule has 1 saturated heterocycles. The van der Waals surface area contributed by atoms with E-state index in [-0.39, 0.29) is 27.6 Å². The summed E-state index contributed by atoms with van der Waals surface area (Å²) in [6.45, 7) is 5.67. The van der Waals surface area contributed by atoms with Gasteiger partial charge in [-0.15, -0.1) is 0 Å². The number of rotatable bonds is 10. The zero-order chi connectivity index (χ0) is 23.8. The molecule has 3 N–H and O–H groups in total. The third-order valence-corrected chi connectivity index (χ3v) is 5.86. The summed E-state index contributed by atoms with van der Waals surface area (Å²) in [6, 6.07) is 2.19. The number of hydrogen-bond acceptors (Lipinski definition) is 7. The predicted molar refractivity (Wildman–Crippen MR) is 118 cm³/mol. The van der Waals surface area contributed by atoms with Crippen LogP contribution >= 0.6 is 11.5 Å². The van der Waals surface area contributed by atoms with Crippen LogP contribution < -0.4 is 15.4 Å². The largest absolute Gasteiger partial charge is 0.477 e. The number of halogens is 2. The Morgan fingerprint density at radius 1 is 1.24 bits per heavy atom. The van der Waals surface area contributed by atoms with Gasteiger partial charge in [-0.05, 0) is 43.4 Å². The zero-order valence-electron chi connectivity index (χ0n) is 18.2. The quantitative estimate of drug-likeness (QED) is 0.444. The number of morpholine rings is 1. The molecule has 2 aromatic rings. The van der Waals surface area contributed by atoms with Gasteiger partial charge in [0.25, 0.3) is 0 Å². The number of ether oxygens (including phenoxy) is 2. The third-order valence-electron chi connectivity index (χ3n) is 5.11. The van der Waals surface area contributed by atoms with Crippen molar-refractivity contribution in [2.24, 2.45) is 0 Å². The molecule has 180 valence electrons. The summed E-state index contributed by atoms with van der Waals surface area (Å²) < 4.78 is 42.3. The van der Waals surface area contributed by atoms with E-state index in [1.807, 2.05) is 0 Å². The van der Waals surface area contributed by atoms with E-state index >= 15 is 0 Å². The Morgan fingerprint density at radius 2 is 2.00 bits per heavy atom. The standard InChI is InChI=1S/C21H26F2N4O5S/c1-13-4-5-14(17(23)16(13)22)12-32-18-15(20(28)29)19(33-26-18)25-21(30)24-6-2-3-7-27-8-10-31-11-9-27/h4-5H,2-3,6-12H2,1H3,(H,28,29)(H2,24,25,30). The maximum absolute atomic E-state index is 14.0. The molecule has 3 rings (SSSR count). The summed E-state index contributed by atoms with van der Waals surface area (Å²) in [7, 11) is 0. The summed E-state index contributed by atoms with van der Waals surface area (Å²) in [5.74, 6) is -3.70. The molecule has 0 unspecified atom stereocenters. The topological polar surface area (TPSA) is 113 Å². The number of urea groups is 1. The van der Waals surface area contributed by atoms with Crippen molar-refractivity contribution >= 4 is 28.5 Å². The van der Waals surface area contributed by atoms with Crippen molar-refractivity contribution in [2.45, 2.75) is 26.4 Å². The number of carbonyl (C=O) groups is 2. The van der Waals surface area contributed by atoms with E-state index in [9.17, 15) is 23.5 Å². The van der Waals surface area contributed by atoms with Crippen LogP contribution in [-0.2, 0) is 11.3 Å². The Kier molecular flexibility index (Phi) is 8.92. The summed E-state index contributed by atoms with van der Waals surface area (Å²) in [5, 5.41) is 14.6. The fourth-order valence-electron chi connectivity index (χ4n) is 3.23. The molecule has 0 radical (unpaired) electrons. The summed E-state index contributed by atoms with van der Waals surface area (Å²) in [6.07, 6.45) is 1.68. The van der Waals surface area contributed by atoms with Crippen molar-refractivity contribution in [1.29, 1.82) is 0 Å². The second kappa shape index (κ2) is 11.9.